The van der Waals surface area contributed by atoms with Crippen LogP contribution in [0.2, 0.25) is 0 Å². The van der Waals surface area contributed by atoms with E-state index in [0.717, 1.165) is 25.3 Å². The molecule has 0 aliphatic carbocycles. The van der Waals surface area contributed by atoms with Crippen molar-refractivity contribution in [1.29, 1.82) is 0 Å². The molecule has 0 aliphatic rings. The van der Waals surface area contributed by atoms with Gasteiger partial charge in [0.2, 0.25) is 0 Å². The number of likely N-dealkylation sites (N-methyl/N-ethyl adjacent to an activating group) is 1. The number of hydrogen-bond acceptors (Lipinski definition) is 6. The smallest absolute Gasteiger partial charge is 0.259 e. The van der Waals surface area contributed by atoms with E-state index in [1.807, 2.05) is 51.1 Å². The minimum Gasteiger partial charge on any atom is -0.490 e. The Kier molecular flexibility index (Phi) is 7.05. The molecule has 1 aromatic carbocycles. The van der Waals surface area contributed by atoms with Gasteiger partial charge in [0, 0.05) is 12.2 Å². The van der Waals surface area contributed by atoms with E-state index >= 15 is 0 Å². The first-order valence-corrected chi connectivity index (χ1v) is 10.5. The van der Waals surface area contributed by atoms with Crippen LogP contribution in [-0.2, 0) is 0 Å². The summed E-state index contributed by atoms with van der Waals surface area (Å²) in [4.78, 5) is 20.0. The highest BCUT2D eigenvalue weighted by molar-refractivity contribution is 6.12. The first-order chi connectivity index (χ1) is 14.4. The van der Waals surface area contributed by atoms with Gasteiger partial charge in [0.1, 0.15) is 12.4 Å². The molecule has 0 bridgehead atoms. The highest BCUT2D eigenvalue weighted by Crippen LogP contribution is 2.28. The summed E-state index contributed by atoms with van der Waals surface area (Å²) in [5.41, 5.74) is 2.94. The van der Waals surface area contributed by atoms with Gasteiger partial charge in [-0.25, -0.2) is 4.98 Å². The van der Waals surface area contributed by atoms with Crippen molar-refractivity contribution in [2.75, 3.05) is 31.6 Å². The Labute approximate surface area is 177 Å². The Balaban J connectivity index is 1.84. The van der Waals surface area contributed by atoms with Crippen LogP contribution in [-0.4, -0.2) is 47.2 Å². The van der Waals surface area contributed by atoms with Gasteiger partial charge in [-0.2, -0.15) is 0 Å². The van der Waals surface area contributed by atoms with E-state index in [1.165, 1.54) is 0 Å². The molecular formula is C23H30N4O3. The molecule has 0 radical (unpaired) electrons. The van der Waals surface area contributed by atoms with E-state index in [4.69, 9.17) is 9.26 Å². The molecule has 2 aromatic heterocycles. The summed E-state index contributed by atoms with van der Waals surface area (Å²) in [6.45, 7) is 13.5. The number of hydrogen-bond donors (Lipinski definition) is 1. The Morgan fingerprint density at radius 2 is 1.97 bits per heavy atom. The molecule has 160 valence electrons. The maximum Gasteiger partial charge on any atom is 0.259 e. The fourth-order valence-electron chi connectivity index (χ4n) is 3.30. The SMILES string of the molecule is CCN(CC)CCOc1ccccc1NC(=O)c1cc(C(C)C)nc2onc(C)c12. The minimum absolute atomic E-state index is 0.155. The molecule has 1 amide bonds. The van der Waals surface area contributed by atoms with Gasteiger partial charge in [-0.1, -0.05) is 45.0 Å². The number of anilines is 1. The molecule has 0 saturated heterocycles. The van der Waals surface area contributed by atoms with Crippen LogP contribution in [0.15, 0.2) is 34.9 Å². The van der Waals surface area contributed by atoms with Crippen molar-refractivity contribution in [3.63, 3.8) is 0 Å². The highest BCUT2D eigenvalue weighted by atomic mass is 16.5. The number of carbonyl (C=O) groups is 1. The summed E-state index contributed by atoms with van der Waals surface area (Å²) in [6, 6.07) is 9.29. The fourth-order valence-corrected chi connectivity index (χ4v) is 3.30. The van der Waals surface area contributed by atoms with Gasteiger partial charge >= 0.3 is 0 Å². The summed E-state index contributed by atoms with van der Waals surface area (Å²) < 4.78 is 11.3. The van der Waals surface area contributed by atoms with Gasteiger partial charge in [0.15, 0.2) is 0 Å². The zero-order valence-corrected chi connectivity index (χ0v) is 18.4. The second-order valence-electron chi connectivity index (χ2n) is 7.52. The number of ether oxygens (including phenoxy) is 1. The van der Waals surface area contributed by atoms with Crippen LogP contribution in [0.25, 0.3) is 11.1 Å². The van der Waals surface area contributed by atoms with E-state index < -0.39 is 0 Å². The lowest BCUT2D eigenvalue weighted by Crippen LogP contribution is -2.28. The van der Waals surface area contributed by atoms with E-state index in [-0.39, 0.29) is 11.8 Å². The monoisotopic (exact) mass is 410 g/mol. The van der Waals surface area contributed by atoms with Crippen LogP contribution < -0.4 is 10.1 Å². The van der Waals surface area contributed by atoms with Crippen LogP contribution in [0.3, 0.4) is 0 Å². The number of pyridine rings is 1. The van der Waals surface area contributed by atoms with E-state index in [9.17, 15) is 4.79 Å². The van der Waals surface area contributed by atoms with E-state index in [2.05, 4.69) is 34.2 Å². The van der Waals surface area contributed by atoms with Gasteiger partial charge in [-0.15, -0.1) is 0 Å². The topological polar surface area (TPSA) is 80.5 Å². The first-order valence-electron chi connectivity index (χ1n) is 10.5. The van der Waals surface area contributed by atoms with Crippen LogP contribution in [0, 0.1) is 6.92 Å². The lowest BCUT2D eigenvalue weighted by Gasteiger charge is -2.19. The molecule has 0 atom stereocenters. The molecule has 2 heterocycles. The van der Waals surface area contributed by atoms with Crippen LogP contribution in [0.5, 0.6) is 5.75 Å². The van der Waals surface area contributed by atoms with Gasteiger partial charge in [-0.05, 0) is 44.1 Å². The number of rotatable bonds is 9. The summed E-state index contributed by atoms with van der Waals surface area (Å²) in [5.74, 6) is 0.562. The van der Waals surface area contributed by atoms with E-state index in [0.29, 0.717) is 40.4 Å². The van der Waals surface area contributed by atoms with Crippen LogP contribution in [0.4, 0.5) is 5.69 Å². The van der Waals surface area contributed by atoms with Crippen molar-refractivity contribution < 1.29 is 14.1 Å². The quantitative estimate of drug-likeness (QED) is 0.554. The van der Waals surface area contributed by atoms with Gasteiger partial charge < -0.3 is 19.5 Å². The minimum atomic E-state index is -0.240. The maximum atomic E-state index is 13.2. The normalized spacial score (nSPS) is 11.4. The van der Waals surface area contributed by atoms with Crippen molar-refractivity contribution in [2.45, 2.75) is 40.5 Å². The first kappa shape index (κ1) is 21.8. The maximum absolute atomic E-state index is 13.2. The largest absolute Gasteiger partial charge is 0.490 e. The Morgan fingerprint density at radius 3 is 2.67 bits per heavy atom. The summed E-state index contributed by atoms with van der Waals surface area (Å²) >= 11 is 0. The lowest BCUT2D eigenvalue weighted by atomic mass is 10.0. The van der Waals surface area contributed by atoms with Gasteiger partial charge in [0.25, 0.3) is 11.6 Å². The molecule has 7 heteroatoms. The molecule has 3 aromatic rings. The van der Waals surface area contributed by atoms with E-state index in [1.54, 1.807) is 0 Å². The fraction of sp³-hybridized carbons (Fsp3) is 0.435. The second-order valence-corrected chi connectivity index (χ2v) is 7.52. The second kappa shape index (κ2) is 9.71. The molecule has 30 heavy (non-hydrogen) atoms. The molecule has 0 spiro atoms. The molecule has 0 aliphatic heterocycles. The number of carbonyl (C=O) groups excluding carboxylic acids is 1. The average Bonchev–Trinajstić information content (AvgIpc) is 3.12. The zero-order chi connectivity index (χ0) is 21.7. The third-order valence-electron chi connectivity index (χ3n) is 5.17. The van der Waals surface area contributed by atoms with Crippen molar-refractivity contribution in [2.24, 2.45) is 0 Å². The number of nitrogens with one attached hydrogen (secondary N) is 1. The highest BCUT2D eigenvalue weighted by Gasteiger charge is 2.20. The standard InChI is InChI=1S/C23H30N4O3/c1-6-27(7-2)12-13-29-20-11-9-8-10-18(20)24-22(28)17-14-19(15(3)4)25-23-21(17)16(5)26-30-23/h8-11,14-15H,6-7,12-13H2,1-5H3,(H,24,28). The number of benzene rings is 1. The van der Waals surface area contributed by atoms with Crippen molar-refractivity contribution in [3.8, 4) is 5.75 Å². The van der Waals surface area contributed by atoms with Crippen molar-refractivity contribution in [1.82, 2.24) is 15.0 Å². The molecule has 1 N–H and O–H groups in total. The summed E-state index contributed by atoms with van der Waals surface area (Å²) in [6.07, 6.45) is 0. The molecule has 7 nitrogen and oxygen atoms in total. The van der Waals surface area contributed by atoms with Gasteiger partial charge in [0.05, 0.1) is 22.3 Å². The number of aryl methyl sites for hydroxylation is 1. The average molecular weight is 411 g/mol. The predicted molar refractivity (Wildman–Crippen MR) is 118 cm³/mol. The molecule has 0 fully saturated rings. The number of amides is 1. The summed E-state index contributed by atoms with van der Waals surface area (Å²) in [5, 5.41) is 7.62. The Hall–Kier alpha value is -2.93. The zero-order valence-electron chi connectivity index (χ0n) is 18.4. The van der Waals surface area contributed by atoms with Crippen molar-refractivity contribution >= 4 is 22.7 Å². The Bertz CT molecular complexity index is 1010. The number of nitrogens with zero attached hydrogens (tertiary/aromatic N) is 3. The number of para-hydroxylation sites is 2. The molecular weight excluding hydrogens is 380 g/mol. The lowest BCUT2D eigenvalue weighted by molar-refractivity contribution is 0.102. The number of aromatic nitrogens is 2. The number of fused-ring (bicyclic) bond motifs is 1. The summed E-state index contributed by atoms with van der Waals surface area (Å²) in [7, 11) is 0. The Morgan fingerprint density at radius 1 is 1.23 bits per heavy atom. The molecule has 0 unspecified atom stereocenters. The van der Waals surface area contributed by atoms with Crippen LogP contribution >= 0.6 is 0 Å². The molecule has 0 saturated carbocycles. The van der Waals surface area contributed by atoms with Crippen molar-refractivity contribution in [3.05, 3.63) is 47.3 Å². The van der Waals surface area contributed by atoms with Crippen LogP contribution in [0.1, 0.15) is 55.4 Å². The third kappa shape index (κ3) is 4.79. The third-order valence-corrected chi connectivity index (χ3v) is 5.17. The predicted octanol–water partition coefficient (Wildman–Crippen LogP) is 4.63. The molecule has 3 rings (SSSR count). The van der Waals surface area contributed by atoms with Gasteiger partial charge in [-0.3, -0.25) is 4.79 Å².